The lowest BCUT2D eigenvalue weighted by atomic mass is 9.93. The van der Waals surface area contributed by atoms with Crippen molar-refractivity contribution in [3.63, 3.8) is 0 Å². The van der Waals surface area contributed by atoms with Crippen LogP contribution >= 0.6 is 0 Å². The van der Waals surface area contributed by atoms with Crippen LogP contribution in [0.3, 0.4) is 0 Å². The average molecular weight is 487 g/mol. The Kier molecular flexibility index (Phi) is 8.88. The summed E-state index contributed by atoms with van der Waals surface area (Å²) in [4.78, 5) is 0. The number of hydrogen-bond donors (Lipinski definition) is 0. The normalized spacial score (nSPS) is 27.1. The quantitative estimate of drug-likeness (QED) is 0.376. The molecule has 0 spiro atoms. The molecule has 0 aliphatic carbocycles. The summed E-state index contributed by atoms with van der Waals surface area (Å²) in [6.07, 6.45) is -0.703. The van der Waals surface area contributed by atoms with Crippen molar-refractivity contribution in [2.45, 2.75) is 141 Å². The molecular weight excluding hydrogens is 435 g/mol. The van der Waals surface area contributed by atoms with Crippen molar-refractivity contribution in [1.82, 2.24) is 0 Å². The minimum atomic E-state index is -2.06. The fourth-order valence-electron chi connectivity index (χ4n) is 2.71. The molecule has 0 bridgehead atoms. The summed E-state index contributed by atoms with van der Waals surface area (Å²) >= 11 is 0. The van der Waals surface area contributed by atoms with Gasteiger partial charge in [-0.3, -0.25) is 0 Å². The smallest absolute Gasteiger partial charge is 0.192 e. The van der Waals surface area contributed by atoms with Crippen molar-refractivity contribution in [1.29, 1.82) is 0 Å². The zero-order valence-electron chi connectivity index (χ0n) is 23.2. The Bertz CT molecular complexity index is 603. The summed E-state index contributed by atoms with van der Waals surface area (Å²) in [5, 5.41) is 0.316. The Hall–Kier alpha value is 0.556. The van der Waals surface area contributed by atoms with E-state index in [-0.39, 0.29) is 33.4 Å². The van der Waals surface area contributed by atoms with E-state index >= 15 is 0 Å². The maximum absolute atomic E-state index is 6.93. The molecule has 0 aromatic rings. The molecule has 1 aliphatic heterocycles. The minimum Gasteiger partial charge on any atom is -0.414 e. The Morgan fingerprint density at radius 3 is 1.35 bits per heavy atom. The van der Waals surface area contributed by atoms with E-state index in [9.17, 15) is 0 Å². The topological polar surface area (TPSA) is 36.9 Å². The summed E-state index contributed by atoms with van der Waals surface area (Å²) in [5.41, 5.74) is 0. The molecule has 0 amide bonds. The Balaban J connectivity index is 3.22. The van der Waals surface area contributed by atoms with E-state index < -0.39 is 31.0 Å². The number of ether oxygens (including phenoxy) is 1. The molecule has 0 saturated carbocycles. The zero-order chi connectivity index (χ0) is 24.8. The van der Waals surface area contributed by atoms with Crippen LogP contribution in [0.1, 0.15) is 62.3 Å². The monoisotopic (exact) mass is 486 g/mol. The van der Waals surface area contributed by atoms with Crippen LogP contribution in [-0.2, 0) is 18.0 Å². The number of hydrogen-bond acceptors (Lipinski definition) is 4. The van der Waals surface area contributed by atoms with Crippen LogP contribution in [-0.4, -0.2) is 63.7 Å². The third-order valence-corrected chi connectivity index (χ3v) is 21.7. The molecule has 1 saturated heterocycles. The largest absolute Gasteiger partial charge is 0.414 e. The van der Waals surface area contributed by atoms with Crippen LogP contribution in [0, 0.1) is 0 Å². The van der Waals surface area contributed by atoms with E-state index in [4.69, 9.17) is 25.9 Å². The summed E-state index contributed by atoms with van der Waals surface area (Å²) in [7, 11) is 0.503. The lowest BCUT2D eigenvalue weighted by molar-refractivity contribution is 0.000561. The van der Waals surface area contributed by atoms with Gasteiger partial charge in [-0.15, -0.1) is 0 Å². The lowest BCUT2D eigenvalue weighted by Crippen LogP contribution is -2.55. The summed E-state index contributed by atoms with van der Waals surface area (Å²) < 4.78 is 26.6. The minimum absolute atomic E-state index is 0.0873. The molecule has 0 N–H and O–H groups in total. The van der Waals surface area contributed by atoms with E-state index in [1.165, 1.54) is 0 Å². The Labute approximate surface area is 198 Å². The first-order valence-corrected chi connectivity index (χ1v) is 20.6. The van der Waals surface area contributed by atoms with Gasteiger partial charge in [0.1, 0.15) is 20.1 Å². The summed E-state index contributed by atoms with van der Waals surface area (Å²) in [5.74, 6) is 0. The van der Waals surface area contributed by atoms with E-state index in [0.29, 0.717) is 6.61 Å². The van der Waals surface area contributed by atoms with Gasteiger partial charge in [0, 0.05) is 6.00 Å². The van der Waals surface area contributed by atoms with E-state index in [0.717, 1.165) is 0 Å². The van der Waals surface area contributed by atoms with Crippen molar-refractivity contribution in [3.8, 4) is 0 Å². The fourth-order valence-corrected chi connectivity index (χ4v) is 6.34. The van der Waals surface area contributed by atoms with Gasteiger partial charge in [-0.2, -0.15) is 0 Å². The molecule has 31 heavy (non-hydrogen) atoms. The van der Waals surface area contributed by atoms with Crippen LogP contribution in [0.15, 0.2) is 0 Å². The third kappa shape index (κ3) is 7.02. The van der Waals surface area contributed by atoms with Crippen molar-refractivity contribution < 1.29 is 18.0 Å². The van der Waals surface area contributed by atoms with Gasteiger partial charge >= 0.3 is 0 Å². The molecule has 2 radical (unpaired) electrons. The maximum Gasteiger partial charge on any atom is 0.192 e. The number of rotatable bonds is 7. The zero-order valence-corrected chi connectivity index (χ0v) is 26.2. The molecule has 8 heteroatoms. The first kappa shape index (κ1) is 29.6. The highest BCUT2D eigenvalue weighted by Gasteiger charge is 2.52. The van der Waals surface area contributed by atoms with Gasteiger partial charge in [-0.05, 0) is 54.4 Å². The average Bonchev–Trinajstić information content (AvgIpc) is 2.77. The van der Waals surface area contributed by atoms with Crippen molar-refractivity contribution >= 4 is 32.8 Å². The standard InChI is InChI=1S/C23H51BO4Si3/c1-21(2,3)29(10,11)25-16-17-18(27-30(12,13)22(4,5)6)19(20(24)26-17)28-31(14,15)23(7,8)9/h17-20H,16H2,1-15H3/t17-,18+,19-,20-/m1/s1. The highest BCUT2D eigenvalue weighted by Crippen LogP contribution is 2.44. The van der Waals surface area contributed by atoms with Gasteiger partial charge in [0.15, 0.2) is 25.0 Å². The van der Waals surface area contributed by atoms with Crippen molar-refractivity contribution in [2.75, 3.05) is 6.61 Å². The highest BCUT2D eigenvalue weighted by atomic mass is 28.4. The predicted octanol–water partition coefficient (Wildman–Crippen LogP) is 6.68. The van der Waals surface area contributed by atoms with E-state index in [1.807, 2.05) is 0 Å². The first-order chi connectivity index (χ1) is 13.4. The second-order valence-electron chi connectivity index (χ2n) is 13.9. The van der Waals surface area contributed by atoms with Gasteiger partial charge in [0.05, 0.1) is 12.7 Å². The van der Waals surface area contributed by atoms with Crippen LogP contribution < -0.4 is 0 Å². The third-order valence-electron chi connectivity index (χ3n) is 8.23. The van der Waals surface area contributed by atoms with Crippen LogP contribution in [0.25, 0.3) is 0 Å². The van der Waals surface area contributed by atoms with Gasteiger partial charge < -0.3 is 18.0 Å². The molecule has 1 fully saturated rings. The first-order valence-electron chi connectivity index (χ1n) is 11.8. The summed E-state index contributed by atoms with van der Waals surface area (Å²) in [6, 6.07) is -0.503. The van der Waals surface area contributed by atoms with Crippen LogP contribution in [0.5, 0.6) is 0 Å². The summed E-state index contributed by atoms with van der Waals surface area (Å²) in [6.45, 7) is 34.5. The maximum atomic E-state index is 6.93. The molecule has 1 aliphatic rings. The van der Waals surface area contributed by atoms with Gasteiger partial charge in [0.25, 0.3) is 0 Å². The molecule has 0 aromatic carbocycles. The molecule has 0 aromatic heterocycles. The molecule has 1 heterocycles. The predicted molar refractivity (Wildman–Crippen MR) is 142 cm³/mol. The Morgan fingerprint density at radius 1 is 0.645 bits per heavy atom. The molecule has 4 nitrogen and oxygen atoms in total. The molecule has 0 unspecified atom stereocenters. The van der Waals surface area contributed by atoms with Crippen molar-refractivity contribution in [2.24, 2.45) is 0 Å². The molecule has 1 rings (SSSR count). The second kappa shape index (κ2) is 9.31. The fraction of sp³-hybridized carbons (Fsp3) is 1.00. The van der Waals surface area contributed by atoms with Crippen molar-refractivity contribution in [3.05, 3.63) is 0 Å². The van der Waals surface area contributed by atoms with Gasteiger partial charge in [-0.1, -0.05) is 62.3 Å². The van der Waals surface area contributed by atoms with Crippen LogP contribution in [0.4, 0.5) is 0 Å². The van der Waals surface area contributed by atoms with Crippen LogP contribution in [0.2, 0.25) is 54.4 Å². The SMILES string of the molecule is [B][C@@H]1O[C@H](CO[Si](C)(C)C(C)(C)C)[C@H](O[Si](C)(C)C(C)(C)C)[C@H]1O[Si](C)(C)C(C)(C)C. The molecular formula is C23H51BO4Si3. The second-order valence-corrected chi connectivity index (χ2v) is 28.2. The molecule has 4 atom stereocenters. The lowest BCUT2D eigenvalue weighted by Gasteiger charge is -2.44. The van der Waals surface area contributed by atoms with E-state index in [2.05, 4.69) is 102 Å². The van der Waals surface area contributed by atoms with Gasteiger partial charge in [0.2, 0.25) is 0 Å². The highest BCUT2D eigenvalue weighted by molar-refractivity contribution is 6.75. The van der Waals surface area contributed by atoms with Gasteiger partial charge in [-0.25, -0.2) is 0 Å². The Morgan fingerprint density at radius 2 is 1.00 bits per heavy atom. The van der Waals surface area contributed by atoms with E-state index in [1.54, 1.807) is 0 Å². The molecule has 182 valence electrons.